The fourth-order valence-corrected chi connectivity index (χ4v) is 14.6. The molecule has 1 aromatic carbocycles. The minimum Gasteiger partial charge on any atom is -0.462 e. The van der Waals surface area contributed by atoms with Crippen molar-refractivity contribution in [3.63, 3.8) is 0 Å². The number of aryl methyl sites for hydroxylation is 1. The van der Waals surface area contributed by atoms with Gasteiger partial charge in [0.25, 0.3) is 0 Å². The summed E-state index contributed by atoms with van der Waals surface area (Å²) in [4.78, 5) is 104. The Balaban J connectivity index is 2.50. The number of hydrogen-bond donors (Lipinski definition) is 6. The van der Waals surface area contributed by atoms with E-state index < -0.39 is 81.0 Å². The van der Waals surface area contributed by atoms with Gasteiger partial charge in [-0.3, -0.25) is 33.3 Å². The number of amides is 3. The van der Waals surface area contributed by atoms with E-state index in [-0.39, 0.29) is 76.1 Å². The van der Waals surface area contributed by atoms with Crippen LogP contribution in [0, 0.1) is 5.92 Å². The van der Waals surface area contributed by atoms with Crippen LogP contribution in [-0.2, 0) is 68.0 Å². The highest BCUT2D eigenvalue weighted by Crippen LogP contribution is 2.43. The lowest BCUT2D eigenvalue weighted by atomic mass is 9.87. The summed E-state index contributed by atoms with van der Waals surface area (Å²) in [5.41, 5.74) is 1.30. The Kier molecular flexibility index (Phi) is 61.0. The number of rotatable bonds is 72. The highest BCUT2D eigenvalue weighted by Gasteiger charge is 2.50. The van der Waals surface area contributed by atoms with E-state index in [2.05, 4.69) is 62.7 Å². The topological polar surface area (TPSA) is 272 Å². The molecule has 0 radical (unpaired) electrons. The first-order chi connectivity index (χ1) is 50.5. The number of carbonyl (C=O) groups excluding carboxylic acids is 6. The van der Waals surface area contributed by atoms with Crippen LogP contribution >= 0.6 is 7.82 Å². The van der Waals surface area contributed by atoms with Gasteiger partial charge in [0.2, 0.25) is 17.7 Å². The maximum Gasteiger partial charge on any atom is 0.470 e. The normalized spacial score (nSPS) is 16.9. The number of nitrogens with one attached hydrogen (secondary N) is 3. The van der Waals surface area contributed by atoms with Gasteiger partial charge in [-0.15, -0.1) is 0 Å². The van der Waals surface area contributed by atoms with Gasteiger partial charge in [-0.05, 0) is 76.2 Å². The average molecular weight is 1490 g/mol. The van der Waals surface area contributed by atoms with Crippen molar-refractivity contribution in [2.75, 3.05) is 26.3 Å². The van der Waals surface area contributed by atoms with Crippen molar-refractivity contribution >= 4 is 43.5 Å². The van der Waals surface area contributed by atoms with Crippen LogP contribution in [-0.4, -0.2) is 120 Å². The third-order valence-electron chi connectivity index (χ3n) is 20.3. The van der Waals surface area contributed by atoms with Gasteiger partial charge in [0.15, 0.2) is 6.29 Å². The fourth-order valence-electron chi connectivity index (χ4n) is 14.1. The number of esters is 3. The molecule has 0 bridgehead atoms. The molecule has 1 aliphatic rings. The van der Waals surface area contributed by atoms with Crippen molar-refractivity contribution in [1.82, 2.24) is 16.0 Å². The van der Waals surface area contributed by atoms with Gasteiger partial charge in [-0.25, -0.2) is 4.57 Å². The molecule has 1 fully saturated rings. The van der Waals surface area contributed by atoms with Gasteiger partial charge in [-0.2, -0.15) is 0 Å². The molecule has 0 aromatic heterocycles. The molecule has 0 aliphatic carbocycles. The van der Waals surface area contributed by atoms with Gasteiger partial charge in [0.1, 0.15) is 30.5 Å². The molecule has 0 spiro atoms. The van der Waals surface area contributed by atoms with Crippen molar-refractivity contribution in [2.45, 2.75) is 431 Å². The minimum absolute atomic E-state index is 0.0532. The number of aliphatic hydroxyl groups excluding tert-OH is 1. The summed E-state index contributed by atoms with van der Waals surface area (Å²) >= 11 is 0. The number of carbonyl (C=O) groups is 6. The molecule has 604 valence electrons. The summed E-state index contributed by atoms with van der Waals surface area (Å²) < 4.78 is 49.3. The van der Waals surface area contributed by atoms with Crippen LogP contribution in [0.15, 0.2) is 30.3 Å². The Morgan fingerprint density at radius 2 is 0.779 bits per heavy atom. The van der Waals surface area contributed by atoms with Gasteiger partial charge in [0, 0.05) is 32.4 Å². The van der Waals surface area contributed by atoms with E-state index >= 15 is 0 Å². The molecule has 104 heavy (non-hydrogen) atoms. The van der Waals surface area contributed by atoms with E-state index in [0.717, 1.165) is 173 Å². The first-order valence-electron chi connectivity index (χ1n) is 42.6. The Morgan fingerprint density at radius 3 is 1.14 bits per heavy atom. The lowest BCUT2D eigenvalue weighted by Crippen LogP contribution is -2.65. The van der Waals surface area contributed by atoms with Crippen molar-refractivity contribution in [3.8, 4) is 0 Å². The molecular formula is C84H152N3O16P. The van der Waals surface area contributed by atoms with Gasteiger partial charge in [-0.1, -0.05) is 309 Å². The number of unbranched alkanes of at least 4 members (excludes halogenated alkanes) is 39. The molecule has 1 saturated heterocycles. The average Bonchev–Trinajstić information content (AvgIpc) is 0.783. The smallest absolute Gasteiger partial charge is 0.462 e. The SMILES string of the molecule is CCCCCCCCCCC[C@H](CC(=O)NCC1C(NC(=O)C[C@@H](CCCCCCCCCCC)OC(=O)CCCCCCCc2ccccc2)[C@H](OP(=O)(O)O)C(CO)O[C@H]1OCCNC(=O)C[C@@H](CCCCCCCCCC)OC(=O)CCCCCCCCC)OC(=O)CCCCCCCCC. The highest BCUT2D eigenvalue weighted by atomic mass is 31.2. The largest absolute Gasteiger partial charge is 0.470 e. The molecule has 6 N–H and O–H groups in total. The van der Waals surface area contributed by atoms with Crippen molar-refractivity contribution in [3.05, 3.63) is 35.9 Å². The zero-order chi connectivity index (χ0) is 75.8. The lowest BCUT2D eigenvalue weighted by molar-refractivity contribution is -0.259. The van der Waals surface area contributed by atoms with Crippen LogP contribution in [0.2, 0.25) is 0 Å². The van der Waals surface area contributed by atoms with Crippen LogP contribution in [0.3, 0.4) is 0 Å². The molecule has 2 rings (SSSR count). The number of phosphoric ester groups is 1. The Bertz CT molecular complexity index is 2310. The highest BCUT2D eigenvalue weighted by molar-refractivity contribution is 7.46. The summed E-state index contributed by atoms with van der Waals surface area (Å²) in [6.45, 7) is 9.57. The zero-order valence-corrected chi connectivity index (χ0v) is 67.2. The third kappa shape index (κ3) is 53.8. The second-order valence-corrected chi connectivity index (χ2v) is 31.2. The molecule has 8 atom stereocenters. The molecule has 1 aliphatic heterocycles. The van der Waals surface area contributed by atoms with E-state index in [1.807, 2.05) is 18.2 Å². The number of ether oxygens (including phenoxy) is 5. The predicted molar refractivity (Wildman–Crippen MR) is 418 cm³/mol. The summed E-state index contributed by atoms with van der Waals surface area (Å²) in [5.74, 6) is -3.76. The predicted octanol–water partition coefficient (Wildman–Crippen LogP) is 19.7. The summed E-state index contributed by atoms with van der Waals surface area (Å²) in [5, 5.41) is 19.8. The molecule has 0 saturated carbocycles. The van der Waals surface area contributed by atoms with Crippen LogP contribution < -0.4 is 16.0 Å². The molecular weight excluding hydrogens is 1340 g/mol. The quantitative estimate of drug-likeness (QED) is 0.0153. The van der Waals surface area contributed by atoms with Gasteiger partial charge >= 0.3 is 25.7 Å². The summed E-state index contributed by atoms with van der Waals surface area (Å²) in [6.07, 6.45) is 43.0. The molecule has 19 nitrogen and oxygen atoms in total. The van der Waals surface area contributed by atoms with Gasteiger partial charge in [0.05, 0.1) is 44.4 Å². The van der Waals surface area contributed by atoms with Crippen molar-refractivity contribution in [2.24, 2.45) is 5.92 Å². The maximum atomic E-state index is 14.8. The lowest BCUT2D eigenvalue weighted by Gasteiger charge is -2.46. The summed E-state index contributed by atoms with van der Waals surface area (Å²) in [6, 6.07) is 8.96. The van der Waals surface area contributed by atoms with E-state index in [0.29, 0.717) is 38.5 Å². The molecule has 20 heteroatoms. The van der Waals surface area contributed by atoms with Crippen LogP contribution in [0.5, 0.6) is 0 Å². The van der Waals surface area contributed by atoms with E-state index in [1.54, 1.807) is 0 Å². The van der Waals surface area contributed by atoms with Crippen LogP contribution in [0.1, 0.15) is 387 Å². The monoisotopic (exact) mass is 1490 g/mol. The Labute approximate surface area is 631 Å². The number of hydrogen-bond acceptors (Lipinski definition) is 14. The number of aliphatic hydroxyl groups is 1. The third-order valence-corrected chi connectivity index (χ3v) is 20.8. The number of phosphoric acid groups is 1. The standard InChI is InChI=1S/C84H152N3O16P/c1-6-11-16-21-26-29-34-39-49-58-72(100-80(93)61-52-42-32-25-20-15-10-5)66-77(90)86-68-74-82(87-78(91)67-73(59-50-40-35-30-27-22-17-12-7-2)101-81(94)62-53-43-36-37-45-54-70-55-46-44-47-56-70)83(103-104(95,96)97)75(69-88)102-84(74)98-64-63-85-76(89)65-71(57-48-38-33-28-23-18-13-8-3)99-79(92)60-51-41-31-24-19-14-9-4/h44,46-47,55-56,71-75,82-84,88H,6-43,45,48-54,57-69H2,1-5H3,(H,85,89)(H,86,90)(H,87,91)(H2,95,96,97)/t71-,72-,73-,74?,75?,82?,83-,84-/m1/s1. The molecule has 1 heterocycles. The second kappa shape index (κ2) is 66.1. The van der Waals surface area contributed by atoms with Crippen LogP contribution in [0.25, 0.3) is 0 Å². The summed E-state index contributed by atoms with van der Waals surface area (Å²) in [7, 11) is -5.39. The van der Waals surface area contributed by atoms with E-state index in [9.17, 15) is 48.2 Å². The van der Waals surface area contributed by atoms with Crippen molar-refractivity contribution < 1.29 is 76.4 Å². The van der Waals surface area contributed by atoms with Gasteiger partial charge < -0.3 is 54.5 Å². The van der Waals surface area contributed by atoms with Crippen molar-refractivity contribution in [1.29, 1.82) is 0 Å². The number of benzene rings is 1. The fraction of sp³-hybridized carbons (Fsp3) is 0.857. The first-order valence-corrected chi connectivity index (χ1v) is 44.2. The van der Waals surface area contributed by atoms with Crippen LogP contribution in [0.4, 0.5) is 0 Å². The maximum absolute atomic E-state index is 14.8. The molecule has 3 unspecified atom stereocenters. The zero-order valence-electron chi connectivity index (χ0n) is 66.3. The molecule has 1 aromatic rings. The van der Waals surface area contributed by atoms with E-state index in [4.69, 9.17) is 28.2 Å². The Morgan fingerprint density at radius 1 is 0.442 bits per heavy atom. The van der Waals surface area contributed by atoms with E-state index in [1.165, 1.54) is 108 Å². The minimum atomic E-state index is -5.39. The Hall–Kier alpha value is -3.97. The molecule has 3 amide bonds. The first kappa shape index (κ1) is 96.1. The second-order valence-electron chi connectivity index (χ2n) is 30.0.